The highest BCUT2D eigenvalue weighted by Crippen LogP contribution is 2.35. The lowest BCUT2D eigenvalue weighted by molar-refractivity contribution is 0.337. The van der Waals surface area contributed by atoms with E-state index in [0.717, 1.165) is 84.4 Å². The maximum Gasteiger partial charge on any atom is 0.128 e. The summed E-state index contributed by atoms with van der Waals surface area (Å²) < 4.78 is 6.19. The van der Waals surface area contributed by atoms with Gasteiger partial charge in [-0.1, -0.05) is 25.5 Å². The Kier molecular flexibility index (Phi) is 6.34. The molecule has 186 valence electrons. The summed E-state index contributed by atoms with van der Waals surface area (Å²) >= 11 is 0. The minimum Gasteiger partial charge on any atom is -0.457 e. The normalized spacial score (nSPS) is 21.8. The Morgan fingerprint density at radius 1 is 0.917 bits per heavy atom. The summed E-state index contributed by atoms with van der Waals surface area (Å²) in [6, 6.07) is 16.7. The number of nitrogens with zero attached hydrogens (tertiary/aromatic N) is 2. The summed E-state index contributed by atoms with van der Waals surface area (Å²) in [5.41, 5.74) is 4.20. The molecule has 6 rings (SSSR count). The molecule has 2 aromatic heterocycles. The predicted octanol–water partition coefficient (Wildman–Crippen LogP) is 6.06. The first kappa shape index (κ1) is 23.0. The molecule has 2 fully saturated rings. The third kappa shape index (κ3) is 4.56. The van der Waals surface area contributed by atoms with Crippen LogP contribution in [-0.2, 0) is 5.54 Å². The SMILES string of the molecule is CCCC1(c2ncc(-c3ccc(Oc4cccc(-c5cnc(C6CCCN6)[nH]5)c4)cc3)[nH]2)CCCN1. The van der Waals surface area contributed by atoms with Crippen LogP contribution in [0.1, 0.15) is 63.1 Å². The molecule has 2 aliphatic rings. The number of nitrogens with one attached hydrogen (secondary N) is 4. The fourth-order valence-electron chi connectivity index (χ4n) is 5.62. The van der Waals surface area contributed by atoms with Gasteiger partial charge in [-0.2, -0.15) is 0 Å². The number of aromatic nitrogens is 4. The molecule has 4 aromatic rings. The average molecular weight is 483 g/mol. The van der Waals surface area contributed by atoms with Crippen molar-refractivity contribution >= 4 is 0 Å². The van der Waals surface area contributed by atoms with Gasteiger partial charge in [-0.3, -0.25) is 0 Å². The van der Waals surface area contributed by atoms with Crippen LogP contribution in [0.4, 0.5) is 0 Å². The van der Waals surface area contributed by atoms with Gasteiger partial charge in [-0.05, 0) is 87.2 Å². The van der Waals surface area contributed by atoms with Crippen molar-refractivity contribution in [2.24, 2.45) is 0 Å². The fraction of sp³-hybridized carbons (Fsp3) is 0.379. The van der Waals surface area contributed by atoms with E-state index in [9.17, 15) is 0 Å². The molecular formula is C29H34N6O. The summed E-state index contributed by atoms with van der Waals surface area (Å²) in [4.78, 5) is 16.4. The van der Waals surface area contributed by atoms with E-state index in [-0.39, 0.29) is 5.54 Å². The molecule has 0 saturated carbocycles. The van der Waals surface area contributed by atoms with Crippen LogP contribution in [0.5, 0.6) is 11.5 Å². The van der Waals surface area contributed by atoms with Crippen molar-refractivity contribution in [3.8, 4) is 34.0 Å². The molecule has 0 bridgehead atoms. The molecule has 0 radical (unpaired) electrons. The molecule has 0 spiro atoms. The van der Waals surface area contributed by atoms with Gasteiger partial charge in [-0.15, -0.1) is 0 Å². The van der Waals surface area contributed by atoms with Gasteiger partial charge in [0, 0.05) is 5.56 Å². The van der Waals surface area contributed by atoms with E-state index in [0.29, 0.717) is 6.04 Å². The predicted molar refractivity (Wildman–Crippen MR) is 142 cm³/mol. The van der Waals surface area contributed by atoms with Crippen molar-refractivity contribution in [1.29, 1.82) is 0 Å². The van der Waals surface area contributed by atoms with Crippen LogP contribution in [0.25, 0.3) is 22.5 Å². The highest BCUT2D eigenvalue weighted by molar-refractivity contribution is 5.62. The maximum absolute atomic E-state index is 6.19. The van der Waals surface area contributed by atoms with Crippen LogP contribution in [0.3, 0.4) is 0 Å². The first-order valence-corrected chi connectivity index (χ1v) is 13.2. The summed E-state index contributed by atoms with van der Waals surface area (Å²) in [5.74, 6) is 3.67. The Balaban J connectivity index is 1.15. The Morgan fingerprint density at radius 3 is 2.56 bits per heavy atom. The summed E-state index contributed by atoms with van der Waals surface area (Å²) in [6.45, 7) is 4.35. The molecular weight excluding hydrogens is 448 g/mol. The minimum absolute atomic E-state index is 0.00982. The Bertz CT molecular complexity index is 1300. The number of ether oxygens (including phenoxy) is 1. The molecule has 2 aromatic carbocycles. The number of imidazole rings is 2. The van der Waals surface area contributed by atoms with Crippen LogP contribution < -0.4 is 15.4 Å². The third-order valence-electron chi connectivity index (χ3n) is 7.48. The summed E-state index contributed by atoms with van der Waals surface area (Å²) in [7, 11) is 0. The van der Waals surface area contributed by atoms with Gasteiger partial charge in [0.15, 0.2) is 0 Å². The number of hydrogen-bond acceptors (Lipinski definition) is 5. The number of H-pyrrole nitrogens is 2. The molecule has 7 heteroatoms. The molecule has 2 aliphatic heterocycles. The Labute approximate surface area is 212 Å². The molecule has 2 unspecified atom stereocenters. The van der Waals surface area contributed by atoms with Gasteiger partial charge in [0.05, 0.1) is 35.4 Å². The lowest BCUT2D eigenvalue weighted by Crippen LogP contribution is -2.37. The van der Waals surface area contributed by atoms with Crippen molar-refractivity contribution in [1.82, 2.24) is 30.6 Å². The van der Waals surface area contributed by atoms with Crippen LogP contribution in [0, 0.1) is 0 Å². The number of rotatable bonds is 8. The largest absolute Gasteiger partial charge is 0.457 e. The molecule has 7 nitrogen and oxygen atoms in total. The second-order valence-electron chi connectivity index (χ2n) is 9.99. The summed E-state index contributed by atoms with van der Waals surface area (Å²) in [5, 5.41) is 7.19. The zero-order chi connectivity index (χ0) is 24.4. The standard InChI is InChI=1S/C29H34N6O/c1-2-13-29(14-5-16-33-29)28-32-19-25(35-28)20-9-11-22(12-10-20)36-23-7-3-6-21(17-23)26-18-31-27(34-26)24-8-4-15-30-24/h3,6-7,9-12,17-19,24,30,33H,2,4-5,8,13-16H2,1H3,(H,31,34)(H,32,35). The first-order chi connectivity index (χ1) is 17.7. The Morgan fingerprint density at radius 2 is 1.78 bits per heavy atom. The minimum atomic E-state index is -0.00982. The van der Waals surface area contributed by atoms with Crippen LogP contribution in [0.15, 0.2) is 60.9 Å². The molecule has 4 heterocycles. The molecule has 36 heavy (non-hydrogen) atoms. The van der Waals surface area contributed by atoms with Crippen molar-refractivity contribution in [3.05, 3.63) is 72.6 Å². The van der Waals surface area contributed by atoms with E-state index in [1.165, 1.54) is 12.8 Å². The van der Waals surface area contributed by atoms with Crippen LogP contribution in [-0.4, -0.2) is 33.0 Å². The fourth-order valence-corrected chi connectivity index (χ4v) is 5.62. The lowest BCUT2D eigenvalue weighted by Gasteiger charge is -2.26. The Hall–Kier alpha value is -3.42. The zero-order valence-electron chi connectivity index (χ0n) is 20.8. The highest BCUT2D eigenvalue weighted by Gasteiger charge is 2.37. The maximum atomic E-state index is 6.19. The van der Waals surface area contributed by atoms with Crippen molar-refractivity contribution in [2.45, 2.75) is 57.0 Å². The van der Waals surface area contributed by atoms with Crippen LogP contribution >= 0.6 is 0 Å². The first-order valence-electron chi connectivity index (χ1n) is 13.2. The van der Waals surface area contributed by atoms with E-state index in [1.807, 2.05) is 36.7 Å². The molecule has 0 amide bonds. The molecule has 0 aliphatic carbocycles. The van der Waals surface area contributed by atoms with Crippen LogP contribution in [0.2, 0.25) is 0 Å². The quantitative estimate of drug-likeness (QED) is 0.245. The molecule has 4 N–H and O–H groups in total. The van der Waals surface area contributed by atoms with Gasteiger partial charge < -0.3 is 25.3 Å². The second kappa shape index (κ2) is 9.91. The third-order valence-corrected chi connectivity index (χ3v) is 7.48. The zero-order valence-corrected chi connectivity index (χ0v) is 20.8. The van der Waals surface area contributed by atoms with E-state index < -0.39 is 0 Å². The van der Waals surface area contributed by atoms with E-state index >= 15 is 0 Å². The lowest BCUT2D eigenvalue weighted by atomic mass is 9.91. The van der Waals surface area contributed by atoms with Crippen molar-refractivity contribution < 1.29 is 4.74 Å². The van der Waals surface area contributed by atoms with E-state index in [4.69, 9.17) is 9.72 Å². The number of hydrogen-bond donors (Lipinski definition) is 4. The van der Waals surface area contributed by atoms with Gasteiger partial charge in [0.1, 0.15) is 23.1 Å². The van der Waals surface area contributed by atoms with Gasteiger partial charge >= 0.3 is 0 Å². The van der Waals surface area contributed by atoms with Gasteiger partial charge in [-0.25, -0.2) is 9.97 Å². The highest BCUT2D eigenvalue weighted by atomic mass is 16.5. The van der Waals surface area contributed by atoms with Crippen molar-refractivity contribution in [3.63, 3.8) is 0 Å². The smallest absolute Gasteiger partial charge is 0.128 e. The molecule has 2 atom stereocenters. The molecule has 2 saturated heterocycles. The summed E-state index contributed by atoms with van der Waals surface area (Å²) in [6.07, 6.45) is 10.8. The average Bonchev–Trinajstić information content (AvgIpc) is 3.71. The van der Waals surface area contributed by atoms with Gasteiger partial charge in [0.25, 0.3) is 0 Å². The van der Waals surface area contributed by atoms with Gasteiger partial charge in [0.2, 0.25) is 0 Å². The monoisotopic (exact) mass is 482 g/mol. The second-order valence-corrected chi connectivity index (χ2v) is 9.99. The number of benzene rings is 2. The number of aromatic amines is 2. The van der Waals surface area contributed by atoms with E-state index in [1.54, 1.807) is 0 Å². The van der Waals surface area contributed by atoms with E-state index in [2.05, 4.69) is 56.8 Å². The van der Waals surface area contributed by atoms with Crippen molar-refractivity contribution in [2.75, 3.05) is 13.1 Å². The topological polar surface area (TPSA) is 90.7 Å².